The van der Waals surface area contributed by atoms with Gasteiger partial charge in [0.05, 0.1) is 12.2 Å². The van der Waals surface area contributed by atoms with Crippen LogP contribution in [-0.2, 0) is 0 Å². The van der Waals surface area contributed by atoms with Gasteiger partial charge in [0, 0.05) is 11.6 Å². The second-order valence-corrected chi connectivity index (χ2v) is 7.83. The number of carbonyl (C=O) groups is 1. The van der Waals surface area contributed by atoms with Crippen LogP contribution in [0.25, 0.3) is 0 Å². The zero-order valence-electron chi connectivity index (χ0n) is 17.6. The highest BCUT2D eigenvalue weighted by Gasteiger charge is 2.29. The second kappa shape index (κ2) is 9.62. The Balaban J connectivity index is 1.95. The molecule has 0 radical (unpaired) electrons. The number of rotatable bonds is 8. The van der Waals surface area contributed by atoms with Crippen LogP contribution in [-0.4, -0.2) is 22.1 Å². The quantitative estimate of drug-likeness (QED) is 0.507. The van der Waals surface area contributed by atoms with Gasteiger partial charge >= 0.3 is 0 Å². The molecule has 3 rings (SSSR count). The topological polar surface area (TPSA) is 92.3 Å². The number of unbranched alkanes of at least 4 members (excludes halogenated alkanes) is 2. The minimum atomic E-state index is -0.522. The standard InChI is InChI=1S/C24H28N2O4/c1-3-4-7-14-30-19-12-10-17(11-13-19)22(27)21-16(2)20(15-25)23(28)26(24(21)29)18-8-5-6-9-18/h10-13,18,29H,3-9,14H2,1-2H3. The van der Waals surface area contributed by atoms with Crippen LogP contribution in [0.2, 0.25) is 0 Å². The molecule has 6 nitrogen and oxygen atoms in total. The first-order valence-corrected chi connectivity index (χ1v) is 10.6. The number of carbonyl (C=O) groups excluding carboxylic acids is 1. The van der Waals surface area contributed by atoms with Gasteiger partial charge in [-0.3, -0.25) is 14.2 Å². The van der Waals surface area contributed by atoms with Crippen LogP contribution in [0, 0.1) is 18.3 Å². The lowest BCUT2D eigenvalue weighted by molar-refractivity contribution is 0.103. The normalized spacial score (nSPS) is 13.9. The highest BCUT2D eigenvalue weighted by atomic mass is 16.5. The summed E-state index contributed by atoms with van der Waals surface area (Å²) < 4.78 is 6.93. The lowest BCUT2D eigenvalue weighted by Crippen LogP contribution is -2.29. The van der Waals surface area contributed by atoms with E-state index in [4.69, 9.17) is 4.74 Å². The van der Waals surface area contributed by atoms with Crippen LogP contribution in [0.1, 0.15) is 85.0 Å². The maximum absolute atomic E-state index is 13.2. The number of pyridine rings is 1. The molecule has 1 heterocycles. The average Bonchev–Trinajstić information content (AvgIpc) is 3.26. The summed E-state index contributed by atoms with van der Waals surface area (Å²) in [6, 6.07) is 8.49. The number of hydrogen-bond donors (Lipinski definition) is 1. The Labute approximate surface area is 176 Å². The van der Waals surface area contributed by atoms with Gasteiger partial charge < -0.3 is 9.84 Å². The number of nitrogens with zero attached hydrogens (tertiary/aromatic N) is 2. The van der Waals surface area contributed by atoms with E-state index in [-0.39, 0.29) is 28.6 Å². The van der Waals surface area contributed by atoms with Crippen molar-refractivity contribution in [3.8, 4) is 17.7 Å². The Hall–Kier alpha value is -3.07. The number of benzene rings is 1. The van der Waals surface area contributed by atoms with Gasteiger partial charge in [0.25, 0.3) is 5.56 Å². The molecule has 30 heavy (non-hydrogen) atoms. The van der Waals surface area contributed by atoms with E-state index in [1.165, 1.54) is 11.5 Å². The van der Waals surface area contributed by atoms with Crippen molar-refractivity contribution >= 4 is 5.78 Å². The van der Waals surface area contributed by atoms with Gasteiger partial charge in [-0.25, -0.2) is 0 Å². The monoisotopic (exact) mass is 408 g/mol. The van der Waals surface area contributed by atoms with E-state index in [0.29, 0.717) is 17.9 Å². The van der Waals surface area contributed by atoms with E-state index in [1.807, 2.05) is 6.07 Å². The molecule has 1 saturated carbocycles. The molecule has 0 bridgehead atoms. The maximum Gasteiger partial charge on any atom is 0.271 e. The van der Waals surface area contributed by atoms with E-state index >= 15 is 0 Å². The molecular weight excluding hydrogens is 380 g/mol. The molecule has 6 heteroatoms. The van der Waals surface area contributed by atoms with Crippen molar-refractivity contribution in [3.63, 3.8) is 0 Å². The predicted octanol–water partition coefficient (Wildman–Crippen LogP) is 4.65. The van der Waals surface area contributed by atoms with Gasteiger partial charge in [-0.15, -0.1) is 0 Å². The Bertz CT molecular complexity index is 1010. The number of aromatic nitrogens is 1. The third-order valence-electron chi connectivity index (χ3n) is 5.80. The van der Waals surface area contributed by atoms with E-state index in [0.717, 1.165) is 44.9 Å². The molecule has 1 N–H and O–H groups in total. The van der Waals surface area contributed by atoms with Crippen LogP contribution in [0.3, 0.4) is 0 Å². The number of nitriles is 1. The highest BCUT2D eigenvalue weighted by molar-refractivity contribution is 6.11. The van der Waals surface area contributed by atoms with Crippen molar-refractivity contribution in [2.45, 2.75) is 64.8 Å². The minimum absolute atomic E-state index is 0.0228. The smallest absolute Gasteiger partial charge is 0.271 e. The van der Waals surface area contributed by atoms with Crippen LogP contribution in [0.4, 0.5) is 0 Å². The summed E-state index contributed by atoms with van der Waals surface area (Å²) in [4.78, 5) is 26.0. The van der Waals surface area contributed by atoms with Crippen molar-refractivity contribution in [2.75, 3.05) is 6.61 Å². The van der Waals surface area contributed by atoms with Crippen LogP contribution >= 0.6 is 0 Å². The van der Waals surface area contributed by atoms with Gasteiger partial charge in [0.1, 0.15) is 17.4 Å². The summed E-state index contributed by atoms with van der Waals surface area (Å²) >= 11 is 0. The predicted molar refractivity (Wildman–Crippen MR) is 114 cm³/mol. The zero-order valence-corrected chi connectivity index (χ0v) is 17.6. The third kappa shape index (κ3) is 4.25. The molecule has 1 aliphatic carbocycles. The maximum atomic E-state index is 13.2. The molecule has 0 saturated heterocycles. The van der Waals surface area contributed by atoms with Crippen LogP contribution in [0.15, 0.2) is 29.1 Å². The summed E-state index contributed by atoms with van der Waals surface area (Å²) in [5, 5.41) is 20.4. The summed E-state index contributed by atoms with van der Waals surface area (Å²) in [6.45, 7) is 4.29. The Kier molecular flexibility index (Phi) is 6.94. The summed E-state index contributed by atoms with van der Waals surface area (Å²) in [5.41, 5.74) is 0.00864. The molecule has 2 aromatic rings. The fraction of sp³-hybridized carbons (Fsp3) is 0.458. The molecule has 158 valence electrons. The fourth-order valence-corrected chi connectivity index (χ4v) is 4.08. The van der Waals surface area contributed by atoms with Crippen molar-refractivity contribution < 1.29 is 14.6 Å². The van der Waals surface area contributed by atoms with Crippen molar-refractivity contribution in [2.24, 2.45) is 0 Å². The lowest BCUT2D eigenvalue weighted by atomic mass is 9.96. The molecule has 0 atom stereocenters. The lowest BCUT2D eigenvalue weighted by Gasteiger charge is -2.20. The van der Waals surface area contributed by atoms with Crippen LogP contribution in [0.5, 0.6) is 11.6 Å². The molecule has 1 fully saturated rings. The van der Waals surface area contributed by atoms with E-state index in [1.54, 1.807) is 24.3 Å². The number of hydrogen-bond acceptors (Lipinski definition) is 5. The Morgan fingerprint density at radius 3 is 2.50 bits per heavy atom. The first-order chi connectivity index (χ1) is 14.5. The van der Waals surface area contributed by atoms with Gasteiger partial charge in [-0.1, -0.05) is 32.6 Å². The van der Waals surface area contributed by atoms with E-state index < -0.39 is 11.3 Å². The molecule has 1 aliphatic rings. The van der Waals surface area contributed by atoms with Crippen molar-refractivity contribution in [3.05, 3.63) is 56.9 Å². The van der Waals surface area contributed by atoms with Gasteiger partial charge in [0.2, 0.25) is 5.88 Å². The number of ether oxygens (including phenoxy) is 1. The average molecular weight is 408 g/mol. The van der Waals surface area contributed by atoms with Gasteiger partial charge in [-0.05, 0) is 56.0 Å². The zero-order chi connectivity index (χ0) is 21.7. The fourth-order valence-electron chi connectivity index (χ4n) is 4.08. The number of aromatic hydroxyl groups is 1. The van der Waals surface area contributed by atoms with E-state index in [2.05, 4.69) is 6.92 Å². The molecule has 0 spiro atoms. The molecule has 0 unspecified atom stereocenters. The first-order valence-electron chi connectivity index (χ1n) is 10.6. The van der Waals surface area contributed by atoms with E-state index in [9.17, 15) is 20.0 Å². The molecule has 1 aromatic carbocycles. The van der Waals surface area contributed by atoms with Crippen molar-refractivity contribution in [1.29, 1.82) is 5.26 Å². The third-order valence-corrected chi connectivity index (χ3v) is 5.80. The largest absolute Gasteiger partial charge is 0.494 e. The SMILES string of the molecule is CCCCCOc1ccc(C(=O)c2c(C)c(C#N)c(=O)n(C3CCCC3)c2O)cc1. The summed E-state index contributed by atoms with van der Waals surface area (Å²) in [5.74, 6) is -0.0729. The molecule has 0 aliphatic heterocycles. The Morgan fingerprint density at radius 1 is 1.23 bits per heavy atom. The van der Waals surface area contributed by atoms with Crippen LogP contribution < -0.4 is 10.3 Å². The molecular formula is C24H28N2O4. The minimum Gasteiger partial charge on any atom is -0.494 e. The number of ketones is 1. The molecule has 0 amide bonds. The molecule has 1 aromatic heterocycles. The van der Waals surface area contributed by atoms with Gasteiger partial charge in [0.15, 0.2) is 5.78 Å². The summed E-state index contributed by atoms with van der Waals surface area (Å²) in [6.07, 6.45) is 6.60. The van der Waals surface area contributed by atoms with Crippen molar-refractivity contribution in [1.82, 2.24) is 4.57 Å². The first kappa shape index (κ1) is 21.6. The Morgan fingerprint density at radius 2 is 1.90 bits per heavy atom. The second-order valence-electron chi connectivity index (χ2n) is 7.83. The summed E-state index contributed by atoms with van der Waals surface area (Å²) in [7, 11) is 0. The highest BCUT2D eigenvalue weighted by Crippen LogP contribution is 2.34. The van der Waals surface area contributed by atoms with Gasteiger partial charge in [-0.2, -0.15) is 5.26 Å².